The second kappa shape index (κ2) is 7.89. The number of aromatic nitrogens is 3. The molecule has 0 aliphatic carbocycles. The van der Waals surface area contributed by atoms with E-state index in [0.717, 1.165) is 5.56 Å². The highest BCUT2D eigenvalue weighted by Crippen LogP contribution is 2.21. The van der Waals surface area contributed by atoms with Gasteiger partial charge >= 0.3 is 0 Å². The highest BCUT2D eigenvalue weighted by molar-refractivity contribution is 7.12. The van der Waals surface area contributed by atoms with Crippen LogP contribution in [-0.2, 0) is 0 Å². The largest absolute Gasteiger partial charge is 0.368 e. The van der Waals surface area contributed by atoms with Gasteiger partial charge in [0.2, 0.25) is 0 Å². The molecule has 0 bridgehead atoms. The Morgan fingerprint density at radius 3 is 2.92 bits per heavy atom. The number of carbonyl (C=O) groups is 1. The van der Waals surface area contributed by atoms with Crippen molar-refractivity contribution < 1.29 is 9.32 Å². The predicted octanol–water partition coefficient (Wildman–Crippen LogP) is 3.16. The van der Waals surface area contributed by atoms with Gasteiger partial charge in [0.15, 0.2) is 5.82 Å². The lowest BCUT2D eigenvalue weighted by molar-refractivity contribution is 0.0959. The number of hydrogen-bond acceptors (Lipinski definition) is 7. The molecule has 8 heteroatoms. The van der Waals surface area contributed by atoms with Crippen molar-refractivity contribution in [2.24, 2.45) is 0 Å². The summed E-state index contributed by atoms with van der Waals surface area (Å²) in [4.78, 5) is 21.2. The molecular weight excluding hydrogens is 338 g/mol. The number of amides is 1. The lowest BCUT2D eigenvalue weighted by atomic mass is 10.2. The van der Waals surface area contributed by atoms with Gasteiger partial charge in [0.25, 0.3) is 11.8 Å². The predicted molar refractivity (Wildman–Crippen MR) is 96.8 cm³/mol. The molecule has 7 nitrogen and oxygen atoms in total. The first-order valence-electron chi connectivity index (χ1n) is 7.99. The molecule has 0 aliphatic rings. The first-order valence-corrected chi connectivity index (χ1v) is 8.87. The zero-order valence-electron chi connectivity index (χ0n) is 14.0. The summed E-state index contributed by atoms with van der Waals surface area (Å²) in [6.45, 7) is 5.09. The van der Waals surface area contributed by atoms with E-state index >= 15 is 0 Å². The van der Waals surface area contributed by atoms with Crippen LogP contribution in [-0.4, -0.2) is 34.1 Å². The quantitative estimate of drug-likeness (QED) is 0.631. The Bertz CT molecular complexity index is 829. The summed E-state index contributed by atoms with van der Waals surface area (Å²) in [5.41, 5.74) is 0.805. The monoisotopic (exact) mass is 357 g/mol. The van der Waals surface area contributed by atoms with Gasteiger partial charge in [-0.2, -0.15) is 4.98 Å². The van der Waals surface area contributed by atoms with E-state index in [4.69, 9.17) is 4.52 Å². The van der Waals surface area contributed by atoms with Gasteiger partial charge in [-0.25, -0.2) is 4.98 Å². The van der Waals surface area contributed by atoms with Crippen LogP contribution in [0.2, 0.25) is 0 Å². The van der Waals surface area contributed by atoms with E-state index in [1.165, 1.54) is 11.3 Å². The van der Waals surface area contributed by atoms with Crippen LogP contribution in [0.25, 0.3) is 11.5 Å². The van der Waals surface area contributed by atoms with Crippen LogP contribution in [0, 0.1) is 0 Å². The van der Waals surface area contributed by atoms with Crippen LogP contribution in [0.5, 0.6) is 0 Å². The minimum absolute atomic E-state index is 0.0643. The molecule has 0 atom stereocenters. The molecule has 3 aromatic heterocycles. The van der Waals surface area contributed by atoms with Crippen LogP contribution >= 0.6 is 11.3 Å². The second-order valence-corrected chi connectivity index (χ2v) is 6.65. The fourth-order valence-corrected chi connectivity index (χ4v) is 2.75. The maximum Gasteiger partial charge on any atom is 0.261 e. The van der Waals surface area contributed by atoms with E-state index in [1.807, 2.05) is 37.4 Å². The molecule has 3 heterocycles. The fraction of sp³-hybridized carbons (Fsp3) is 0.294. The first kappa shape index (κ1) is 17.1. The molecule has 2 N–H and O–H groups in total. The summed E-state index contributed by atoms with van der Waals surface area (Å²) in [5, 5.41) is 11.9. The highest BCUT2D eigenvalue weighted by atomic mass is 32.1. The fourth-order valence-electron chi connectivity index (χ4n) is 2.11. The third-order valence-electron chi connectivity index (χ3n) is 3.43. The summed E-state index contributed by atoms with van der Waals surface area (Å²) in [6, 6.07) is 7.32. The molecule has 0 aliphatic heterocycles. The molecule has 0 unspecified atom stereocenters. The molecule has 0 aromatic carbocycles. The highest BCUT2D eigenvalue weighted by Gasteiger charge is 2.12. The maximum atomic E-state index is 11.8. The first-order chi connectivity index (χ1) is 12.1. The van der Waals surface area contributed by atoms with Crippen molar-refractivity contribution in [2.75, 3.05) is 18.4 Å². The van der Waals surface area contributed by atoms with E-state index in [1.54, 1.807) is 12.3 Å². The van der Waals surface area contributed by atoms with E-state index < -0.39 is 0 Å². The molecule has 1 amide bonds. The van der Waals surface area contributed by atoms with Crippen molar-refractivity contribution in [1.82, 2.24) is 20.4 Å². The van der Waals surface area contributed by atoms with Crippen molar-refractivity contribution in [3.05, 3.63) is 46.5 Å². The van der Waals surface area contributed by atoms with Crippen LogP contribution in [0.4, 0.5) is 5.82 Å². The lowest BCUT2D eigenvalue weighted by Gasteiger charge is -2.07. The number of rotatable bonds is 7. The summed E-state index contributed by atoms with van der Waals surface area (Å²) in [6.07, 6.45) is 1.68. The molecule has 130 valence electrons. The smallest absolute Gasteiger partial charge is 0.261 e. The number of hydrogen-bond donors (Lipinski definition) is 2. The normalized spacial score (nSPS) is 10.8. The van der Waals surface area contributed by atoms with E-state index in [2.05, 4.69) is 25.8 Å². The van der Waals surface area contributed by atoms with Crippen molar-refractivity contribution in [2.45, 2.75) is 19.8 Å². The van der Waals surface area contributed by atoms with E-state index in [0.29, 0.717) is 35.5 Å². The van der Waals surface area contributed by atoms with Gasteiger partial charge in [-0.1, -0.05) is 25.1 Å². The van der Waals surface area contributed by atoms with E-state index in [-0.39, 0.29) is 11.8 Å². The van der Waals surface area contributed by atoms with Gasteiger partial charge in [0.1, 0.15) is 5.82 Å². The molecule has 0 spiro atoms. The van der Waals surface area contributed by atoms with Gasteiger partial charge in [0.05, 0.1) is 4.88 Å². The Balaban J connectivity index is 1.54. The minimum Gasteiger partial charge on any atom is -0.368 e. The van der Waals surface area contributed by atoms with Gasteiger partial charge in [0, 0.05) is 30.8 Å². The van der Waals surface area contributed by atoms with Crippen molar-refractivity contribution >= 4 is 23.1 Å². The number of nitrogens with one attached hydrogen (secondary N) is 2. The van der Waals surface area contributed by atoms with E-state index in [9.17, 15) is 4.79 Å². The Labute approximate surface area is 149 Å². The minimum atomic E-state index is -0.0643. The SMILES string of the molecule is CC(C)c1noc(-c2ccnc(NCCNC(=O)c3cccs3)c2)n1. The summed E-state index contributed by atoms with van der Waals surface area (Å²) >= 11 is 1.42. The number of anilines is 1. The number of thiophene rings is 1. The van der Waals surface area contributed by atoms with Crippen molar-refractivity contribution in [1.29, 1.82) is 0 Å². The van der Waals surface area contributed by atoms with Crippen molar-refractivity contribution in [3.8, 4) is 11.5 Å². The van der Waals surface area contributed by atoms with Crippen molar-refractivity contribution in [3.63, 3.8) is 0 Å². The average molecular weight is 357 g/mol. The van der Waals surface area contributed by atoms with Crippen LogP contribution in [0.1, 0.15) is 35.3 Å². The Kier molecular flexibility index (Phi) is 5.39. The van der Waals surface area contributed by atoms with Crippen LogP contribution < -0.4 is 10.6 Å². The molecular formula is C17H19N5O2S. The topological polar surface area (TPSA) is 92.9 Å². The average Bonchev–Trinajstić information content (AvgIpc) is 3.30. The molecule has 3 aromatic rings. The summed E-state index contributed by atoms with van der Waals surface area (Å²) < 4.78 is 5.29. The maximum absolute atomic E-state index is 11.8. The lowest BCUT2D eigenvalue weighted by Crippen LogP contribution is -2.28. The Morgan fingerprint density at radius 2 is 2.20 bits per heavy atom. The molecule has 0 saturated heterocycles. The number of carbonyl (C=O) groups excluding carboxylic acids is 1. The van der Waals surface area contributed by atoms with Gasteiger partial charge in [-0.05, 0) is 23.6 Å². The molecule has 25 heavy (non-hydrogen) atoms. The summed E-state index contributed by atoms with van der Waals surface area (Å²) in [7, 11) is 0. The van der Waals surface area contributed by atoms with Gasteiger partial charge in [-0.3, -0.25) is 4.79 Å². The number of pyridine rings is 1. The Hall–Kier alpha value is -2.74. The zero-order valence-corrected chi connectivity index (χ0v) is 14.8. The standard InChI is InChI=1S/C17H19N5O2S/c1-11(2)15-21-17(24-22-15)12-5-6-18-14(10-12)19-7-8-20-16(23)13-4-3-9-25-13/h3-6,9-11H,7-8H2,1-2H3,(H,18,19)(H,20,23). The molecule has 0 fully saturated rings. The molecule has 0 saturated carbocycles. The van der Waals surface area contributed by atoms with Gasteiger partial charge < -0.3 is 15.2 Å². The number of nitrogens with zero attached hydrogens (tertiary/aromatic N) is 3. The second-order valence-electron chi connectivity index (χ2n) is 5.70. The van der Waals surface area contributed by atoms with Gasteiger partial charge in [-0.15, -0.1) is 11.3 Å². The third-order valence-corrected chi connectivity index (χ3v) is 4.30. The Morgan fingerprint density at radius 1 is 1.32 bits per heavy atom. The van der Waals surface area contributed by atoms with Crippen LogP contribution in [0.3, 0.4) is 0 Å². The third kappa shape index (κ3) is 4.42. The zero-order chi connectivity index (χ0) is 17.6. The molecule has 3 rings (SSSR count). The summed E-state index contributed by atoms with van der Waals surface area (Å²) in [5.74, 6) is 1.99. The molecule has 0 radical (unpaired) electrons. The van der Waals surface area contributed by atoms with Crippen LogP contribution in [0.15, 0.2) is 40.4 Å².